The molecule has 1 saturated heterocycles. The van der Waals surface area contributed by atoms with Gasteiger partial charge in [-0.25, -0.2) is 0 Å². The van der Waals surface area contributed by atoms with Crippen LogP contribution in [0.3, 0.4) is 0 Å². The molecule has 4 saturated carbocycles. The van der Waals surface area contributed by atoms with Crippen LogP contribution in [0.5, 0.6) is 0 Å². The number of rotatable bonds is 8. The fraction of sp³-hybridized carbons (Fsp3) is 0.864. The van der Waals surface area contributed by atoms with E-state index in [0.717, 1.165) is 31.2 Å². The number of hydrogen-bond donors (Lipinski definition) is 4. The Labute approximate surface area is 179 Å². The number of hydrogen-bond acceptors (Lipinski definition) is 5. The van der Waals surface area contributed by atoms with Crippen molar-refractivity contribution in [3.63, 3.8) is 0 Å². The van der Waals surface area contributed by atoms with Crippen molar-refractivity contribution in [1.82, 2.24) is 20.9 Å². The molecule has 0 aromatic heterocycles. The van der Waals surface area contributed by atoms with E-state index in [9.17, 15) is 14.4 Å². The van der Waals surface area contributed by atoms with E-state index >= 15 is 0 Å². The smallest absolute Gasteiger partial charge is 0.239 e. The van der Waals surface area contributed by atoms with Crippen molar-refractivity contribution in [2.24, 2.45) is 29.4 Å². The molecule has 0 unspecified atom stereocenters. The van der Waals surface area contributed by atoms with Crippen LogP contribution in [0.2, 0.25) is 0 Å². The molecular weight excluding hydrogens is 382 g/mol. The first kappa shape index (κ1) is 21.6. The summed E-state index contributed by atoms with van der Waals surface area (Å²) in [5.74, 6) is 2.79. The average molecular weight is 420 g/mol. The first-order valence-corrected chi connectivity index (χ1v) is 11.7. The highest BCUT2D eigenvalue weighted by Crippen LogP contribution is 2.53. The van der Waals surface area contributed by atoms with Crippen molar-refractivity contribution in [3.8, 4) is 0 Å². The lowest BCUT2D eigenvalue weighted by molar-refractivity contribution is -0.129. The third-order valence-corrected chi connectivity index (χ3v) is 7.76. The summed E-state index contributed by atoms with van der Waals surface area (Å²) in [6, 6.07) is -0.339. The third kappa shape index (κ3) is 4.80. The number of amides is 3. The lowest BCUT2D eigenvalue weighted by Crippen LogP contribution is -2.58. The molecule has 2 atom stereocenters. The summed E-state index contributed by atoms with van der Waals surface area (Å²) in [6.07, 6.45) is 8.53. The molecule has 5 fully saturated rings. The Morgan fingerprint density at radius 3 is 2.33 bits per heavy atom. The van der Waals surface area contributed by atoms with E-state index < -0.39 is 6.04 Å². The van der Waals surface area contributed by atoms with Gasteiger partial charge in [-0.1, -0.05) is 0 Å². The molecule has 8 heteroatoms. The molecule has 5 N–H and O–H groups in total. The molecular formula is C22H37N5O3. The van der Waals surface area contributed by atoms with E-state index in [1.54, 1.807) is 6.92 Å². The van der Waals surface area contributed by atoms with Crippen LogP contribution in [0.15, 0.2) is 0 Å². The standard InChI is InChI=1S/C22H37N5O3/c1-13(23)21(29)25-12-19(28)24-4-6-27-5-2-3-18(27)22(30)26-20-16-8-14-7-15(10-16)11-17(20)9-14/h13-18,20H,2-12,23H2,1H3,(H,24,28)(H,25,29)(H,26,30)/t13-,14?,15?,16?,17?,18+,20?/m0/s1. The molecule has 1 aliphatic heterocycles. The molecule has 1 heterocycles. The van der Waals surface area contributed by atoms with Crippen LogP contribution in [-0.4, -0.2) is 66.9 Å². The molecule has 0 aromatic carbocycles. The van der Waals surface area contributed by atoms with Crippen molar-refractivity contribution in [1.29, 1.82) is 0 Å². The van der Waals surface area contributed by atoms with E-state index in [1.807, 2.05) is 0 Å². The van der Waals surface area contributed by atoms with Gasteiger partial charge in [-0.3, -0.25) is 19.3 Å². The second-order valence-corrected chi connectivity index (χ2v) is 10.0. The molecule has 0 spiro atoms. The minimum atomic E-state index is -0.629. The molecule has 3 amide bonds. The zero-order valence-corrected chi connectivity index (χ0v) is 18.1. The zero-order valence-electron chi connectivity index (χ0n) is 18.1. The van der Waals surface area contributed by atoms with E-state index in [2.05, 4.69) is 20.9 Å². The SMILES string of the molecule is C[C@H](N)C(=O)NCC(=O)NCCN1CCC[C@@H]1C(=O)NC1C2CC3CC(C2)CC1C3. The monoisotopic (exact) mass is 419 g/mol. The summed E-state index contributed by atoms with van der Waals surface area (Å²) in [5, 5.41) is 8.77. The van der Waals surface area contributed by atoms with Crippen LogP contribution >= 0.6 is 0 Å². The Morgan fingerprint density at radius 2 is 1.70 bits per heavy atom. The van der Waals surface area contributed by atoms with Crippen LogP contribution < -0.4 is 21.7 Å². The van der Waals surface area contributed by atoms with Crippen molar-refractivity contribution >= 4 is 17.7 Å². The van der Waals surface area contributed by atoms with Gasteiger partial charge in [0.05, 0.1) is 18.6 Å². The number of carbonyl (C=O) groups excluding carboxylic acids is 3. The minimum Gasteiger partial charge on any atom is -0.353 e. The molecule has 5 rings (SSSR count). The van der Waals surface area contributed by atoms with E-state index in [1.165, 1.54) is 32.1 Å². The Kier molecular flexibility index (Phi) is 6.63. The summed E-state index contributed by atoms with van der Waals surface area (Å²) < 4.78 is 0. The van der Waals surface area contributed by atoms with Crippen LogP contribution in [-0.2, 0) is 14.4 Å². The predicted octanol–water partition coefficient (Wildman–Crippen LogP) is -0.0287. The van der Waals surface area contributed by atoms with Gasteiger partial charge in [0.2, 0.25) is 17.7 Å². The van der Waals surface area contributed by atoms with Gasteiger partial charge < -0.3 is 21.7 Å². The fourth-order valence-corrected chi connectivity index (χ4v) is 6.54. The highest BCUT2D eigenvalue weighted by Gasteiger charge is 2.49. The maximum absolute atomic E-state index is 13.1. The third-order valence-electron chi connectivity index (χ3n) is 7.76. The fourth-order valence-electron chi connectivity index (χ4n) is 6.54. The predicted molar refractivity (Wildman–Crippen MR) is 113 cm³/mol. The Bertz CT molecular complexity index is 639. The summed E-state index contributed by atoms with van der Waals surface area (Å²) in [7, 11) is 0. The second kappa shape index (κ2) is 9.22. The topological polar surface area (TPSA) is 117 Å². The van der Waals surface area contributed by atoms with Crippen molar-refractivity contribution in [2.75, 3.05) is 26.2 Å². The van der Waals surface area contributed by atoms with Crippen LogP contribution in [0.1, 0.15) is 51.9 Å². The molecule has 0 radical (unpaired) electrons. The van der Waals surface area contributed by atoms with E-state index in [0.29, 0.717) is 31.0 Å². The van der Waals surface area contributed by atoms with Gasteiger partial charge >= 0.3 is 0 Å². The van der Waals surface area contributed by atoms with Gasteiger partial charge in [0.15, 0.2) is 0 Å². The first-order chi connectivity index (χ1) is 14.4. The van der Waals surface area contributed by atoms with Crippen LogP contribution in [0.4, 0.5) is 0 Å². The van der Waals surface area contributed by atoms with Crippen LogP contribution in [0, 0.1) is 23.7 Å². The molecule has 168 valence electrons. The number of carbonyl (C=O) groups is 3. The van der Waals surface area contributed by atoms with Gasteiger partial charge in [0.1, 0.15) is 0 Å². The lowest BCUT2D eigenvalue weighted by Gasteiger charge is -2.54. The summed E-state index contributed by atoms with van der Waals surface area (Å²) in [5.41, 5.74) is 5.47. The number of nitrogens with one attached hydrogen (secondary N) is 3. The second-order valence-electron chi connectivity index (χ2n) is 10.0. The maximum Gasteiger partial charge on any atom is 0.239 e. The number of nitrogens with zero attached hydrogens (tertiary/aromatic N) is 1. The van der Waals surface area contributed by atoms with E-state index in [-0.39, 0.29) is 30.3 Å². The summed E-state index contributed by atoms with van der Waals surface area (Å²) >= 11 is 0. The largest absolute Gasteiger partial charge is 0.353 e. The highest BCUT2D eigenvalue weighted by molar-refractivity contribution is 5.87. The van der Waals surface area contributed by atoms with Gasteiger partial charge in [-0.2, -0.15) is 0 Å². The van der Waals surface area contributed by atoms with Crippen molar-refractivity contribution in [2.45, 2.75) is 70.0 Å². The number of nitrogens with two attached hydrogens (primary N) is 1. The lowest BCUT2D eigenvalue weighted by atomic mass is 9.54. The first-order valence-electron chi connectivity index (χ1n) is 11.7. The van der Waals surface area contributed by atoms with Crippen LogP contribution in [0.25, 0.3) is 0 Å². The maximum atomic E-state index is 13.1. The van der Waals surface area contributed by atoms with E-state index in [4.69, 9.17) is 5.73 Å². The van der Waals surface area contributed by atoms with Crippen molar-refractivity contribution in [3.05, 3.63) is 0 Å². The summed E-state index contributed by atoms with van der Waals surface area (Å²) in [4.78, 5) is 38.6. The van der Waals surface area contributed by atoms with Gasteiger partial charge in [0, 0.05) is 19.1 Å². The van der Waals surface area contributed by atoms with Gasteiger partial charge in [-0.05, 0) is 82.1 Å². The Balaban J connectivity index is 1.20. The normalized spacial score (nSPS) is 35.8. The summed E-state index contributed by atoms with van der Waals surface area (Å²) in [6.45, 7) is 3.50. The molecule has 5 aliphatic rings. The minimum absolute atomic E-state index is 0.0727. The Hall–Kier alpha value is -1.67. The molecule has 0 aromatic rings. The number of likely N-dealkylation sites (tertiary alicyclic amines) is 1. The van der Waals surface area contributed by atoms with Crippen molar-refractivity contribution < 1.29 is 14.4 Å². The molecule has 4 aliphatic carbocycles. The molecule has 30 heavy (non-hydrogen) atoms. The van der Waals surface area contributed by atoms with Gasteiger partial charge in [-0.15, -0.1) is 0 Å². The highest BCUT2D eigenvalue weighted by atomic mass is 16.2. The quantitative estimate of drug-likeness (QED) is 0.441. The van der Waals surface area contributed by atoms with Gasteiger partial charge in [0.25, 0.3) is 0 Å². The average Bonchev–Trinajstić information content (AvgIpc) is 3.16. The zero-order chi connectivity index (χ0) is 21.3. The molecule has 8 nitrogen and oxygen atoms in total. The molecule has 4 bridgehead atoms. The Morgan fingerprint density at radius 1 is 1.03 bits per heavy atom.